The Labute approximate surface area is 264 Å². The van der Waals surface area contributed by atoms with Crippen LogP contribution in [0.5, 0.6) is 11.5 Å². The molecule has 0 radical (unpaired) electrons. The topological polar surface area (TPSA) is 27.3 Å². The van der Waals surface area contributed by atoms with Gasteiger partial charge in [-0.1, -0.05) is 109 Å². The van der Waals surface area contributed by atoms with Crippen LogP contribution in [0.3, 0.4) is 0 Å². The molecule has 0 saturated carbocycles. The Morgan fingerprint density at radius 1 is 0.457 bits per heavy atom. The first kappa shape index (κ1) is 24.3. The molecule has 1 spiro atoms. The third kappa shape index (κ3) is 2.84. The Bertz CT molecular complexity index is 2700. The number of ether oxygens (including phenoxy) is 1. The van der Waals surface area contributed by atoms with Crippen molar-refractivity contribution in [3.05, 3.63) is 174 Å². The molecule has 214 valence electrons. The number of para-hydroxylation sites is 4. The van der Waals surface area contributed by atoms with Crippen molar-refractivity contribution in [2.24, 2.45) is 0 Å². The van der Waals surface area contributed by atoms with Crippen LogP contribution in [-0.4, -0.2) is 4.57 Å². The molecule has 0 bridgehead atoms. The molecular formula is C43H25NO2. The summed E-state index contributed by atoms with van der Waals surface area (Å²) in [6.45, 7) is 0. The molecule has 46 heavy (non-hydrogen) atoms. The average Bonchev–Trinajstić information content (AvgIpc) is 3.75. The van der Waals surface area contributed by atoms with Gasteiger partial charge in [0.25, 0.3) is 0 Å². The number of furan rings is 1. The zero-order valence-electron chi connectivity index (χ0n) is 24.7. The maximum atomic E-state index is 6.58. The average molecular weight is 588 g/mol. The summed E-state index contributed by atoms with van der Waals surface area (Å²) >= 11 is 0. The minimum absolute atomic E-state index is 0.516. The Hall–Kier alpha value is -6.06. The van der Waals surface area contributed by atoms with Crippen molar-refractivity contribution < 1.29 is 9.15 Å². The maximum absolute atomic E-state index is 6.58. The molecule has 2 aliphatic rings. The van der Waals surface area contributed by atoms with Crippen molar-refractivity contribution in [1.29, 1.82) is 0 Å². The van der Waals surface area contributed by atoms with E-state index in [-0.39, 0.29) is 0 Å². The molecule has 3 nitrogen and oxygen atoms in total. The van der Waals surface area contributed by atoms with Gasteiger partial charge in [0.15, 0.2) is 0 Å². The van der Waals surface area contributed by atoms with E-state index < -0.39 is 5.41 Å². The van der Waals surface area contributed by atoms with Gasteiger partial charge in [-0.25, -0.2) is 0 Å². The van der Waals surface area contributed by atoms with Crippen LogP contribution >= 0.6 is 0 Å². The number of nitrogens with zero attached hydrogens (tertiary/aromatic N) is 1. The molecule has 9 aromatic rings. The van der Waals surface area contributed by atoms with Gasteiger partial charge in [-0.05, 0) is 59.2 Å². The van der Waals surface area contributed by atoms with Gasteiger partial charge < -0.3 is 13.7 Å². The lowest BCUT2D eigenvalue weighted by molar-refractivity contribution is 0.436. The highest BCUT2D eigenvalue weighted by atomic mass is 16.5. The lowest BCUT2D eigenvalue weighted by atomic mass is 9.66. The Morgan fingerprint density at radius 2 is 1.11 bits per heavy atom. The number of fused-ring (bicyclic) bond motifs is 16. The molecule has 1 aliphatic heterocycles. The van der Waals surface area contributed by atoms with Crippen LogP contribution in [0.25, 0.3) is 60.6 Å². The summed E-state index contributed by atoms with van der Waals surface area (Å²) in [6, 6.07) is 54.5. The number of benzene rings is 7. The summed E-state index contributed by atoms with van der Waals surface area (Å²) in [7, 11) is 0. The van der Waals surface area contributed by atoms with Crippen molar-refractivity contribution >= 4 is 43.7 Å². The summed E-state index contributed by atoms with van der Waals surface area (Å²) < 4.78 is 15.3. The van der Waals surface area contributed by atoms with Crippen LogP contribution in [0.1, 0.15) is 22.3 Å². The van der Waals surface area contributed by atoms with Crippen LogP contribution in [-0.2, 0) is 5.41 Å². The third-order valence-corrected chi connectivity index (χ3v) is 10.3. The molecule has 0 unspecified atom stereocenters. The Kier molecular flexibility index (Phi) is 4.52. The van der Waals surface area contributed by atoms with E-state index in [2.05, 4.69) is 144 Å². The minimum atomic E-state index is -0.516. The summed E-state index contributed by atoms with van der Waals surface area (Å²) in [5, 5.41) is 4.73. The zero-order valence-corrected chi connectivity index (χ0v) is 24.7. The second-order valence-electron chi connectivity index (χ2n) is 12.4. The number of hydrogen-bond acceptors (Lipinski definition) is 2. The first-order valence-corrected chi connectivity index (χ1v) is 15.8. The fraction of sp³-hybridized carbons (Fsp3) is 0.0233. The van der Waals surface area contributed by atoms with Gasteiger partial charge in [0.05, 0.1) is 16.4 Å². The monoisotopic (exact) mass is 587 g/mol. The van der Waals surface area contributed by atoms with E-state index in [1.807, 2.05) is 12.1 Å². The second-order valence-corrected chi connectivity index (χ2v) is 12.4. The highest BCUT2D eigenvalue weighted by Gasteiger charge is 2.51. The fourth-order valence-corrected chi connectivity index (χ4v) is 8.51. The SMILES string of the molecule is c1ccc2c(c1)Oc1ccccc1C21c2ccccc2-c2c1ccc1c3ccccc3n(-c3ccc4oc5ccccc5c4c3)c21. The van der Waals surface area contributed by atoms with E-state index in [0.29, 0.717) is 0 Å². The smallest absolute Gasteiger partial charge is 0.135 e. The van der Waals surface area contributed by atoms with Gasteiger partial charge in [-0.2, -0.15) is 0 Å². The van der Waals surface area contributed by atoms with Crippen molar-refractivity contribution in [3.63, 3.8) is 0 Å². The standard InChI is InChI=1S/C43H25NO2/c1-4-14-32-30(13-1)41-35(43(32)33-15-5-9-19-39(33)46-40-20-10-6-16-34(40)43)23-22-29-27-11-2-7-17-36(27)44(42(29)41)26-21-24-38-31(25-26)28-12-3-8-18-37(28)45-38/h1-25H. The summed E-state index contributed by atoms with van der Waals surface area (Å²) in [5.74, 6) is 1.81. The van der Waals surface area contributed by atoms with Gasteiger partial charge in [0.2, 0.25) is 0 Å². The molecule has 7 aromatic carbocycles. The molecule has 2 aromatic heterocycles. The first-order chi connectivity index (χ1) is 22.8. The van der Waals surface area contributed by atoms with E-state index >= 15 is 0 Å². The predicted molar refractivity (Wildman–Crippen MR) is 185 cm³/mol. The van der Waals surface area contributed by atoms with Gasteiger partial charge in [0.1, 0.15) is 22.7 Å². The molecule has 0 N–H and O–H groups in total. The predicted octanol–water partition coefficient (Wildman–Crippen LogP) is 11.2. The fourth-order valence-electron chi connectivity index (χ4n) is 8.51. The Morgan fingerprint density at radius 3 is 1.93 bits per heavy atom. The number of rotatable bonds is 1. The van der Waals surface area contributed by atoms with Gasteiger partial charge in [0, 0.05) is 43.9 Å². The zero-order chi connectivity index (χ0) is 30.0. The summed E-state index contributed by atoms with van der Waals surface area (Å²) in [6.07, 6.45) is 0. The molecule has 0 amide bonds. The van der Waals surface area contributed by atoms with Crippen molar-refractivity contribution in [1.82, 2.24) is 4.57 Å². The molecule has 0 atom stereocenters. The lowest BCUT2D eigenvalue weighted by Crippen LogP contribution is -2.32. The third-order valence-electron chi connectivity index (χ3n) is 10.3. The van der Waals surface area contributed by atoms with E-state index in [4.69, 9.17) is 9.15 Å². The highest BCUT2D eigenvalue weighted by molar-refractivity contribution is 6.16. The van der Waals surface area contributed by atoms with Crippen LogP contribution in [0.15, 0.2) is 156 Å². The quantitative estimate of drug-likeness (QED) is 0.191. The van der Waals surface area contributed by atoms with Crippen LogP contribution in [0.4, 0.5) is 0 Å². The Balaban J connectivity index is 1.33. The molecule has 11 rings (SSSR count). The molecule has 0 saturated heterocycles. The van der Waals surface area contributed by atoms with Crippen LogP contribution in [0.2, 0.25) is 0 Å². The van der Waals surface area contributed by atoms with E-state index in [1.165, 1.54) is 55.2 Å². The van der Waals surface area contributed by atoms with Crippen LogP contribution < -0.4 is 4.74 Å². The summed E-state index contributed by atoms with van der Waals surface area (Å²) in [5.41, 5.74) is 12.3. The second kappa shape index (κ2) is 8.56. The van der Waals surface area contributed by atoms with Crippen LogP contribution in [0, 0.1) is 0 Å². The van der Waals surface area contributed by atoms with Gasteiger partial charge in [-0.3, -0.25) is 0 Å². The molecule has 1 aliphatic carbocycles. The highest BCUT2D eigenvalue weighted by Crippen LogP contribution is 2.63. The largest absolute Gasteiger partial charge is 0.457 e. The van der Waals surface area contributed by atoms with Crippen molar-refractivity contribution in [2.45, 2.75) is 5.41 Å². The first-order valence-electron chi connectivity index (χ1n) is 15.8. The van der Waals surface area contributed by atoms with E-state index in [1.54, 1.807) is 0 Å². The number of aromatic nitrogens is 1. The lowest BCUT2D eigenvalue weighted by Gasteiger charge is -2.39. The van der Waals surface area contributed by atoms with E-state index in [9.17, 15) is 0 Å². The van der Waals surface area contributed by atoms with E-state index in [0.717, 1.165) is 39.1 Å². The van der Waals surface area contributed by atoms with Gasteiger partial charge in [-0.15, -0.1) is 0 Å². The maximum Gasteiger partial charge on any atom is 0.135 e. The molecule has 3 heterocycles. The van der Waals surface area contributed by atoms with Gasteiger partial charge >= 0.3 is 0 Å². The molecule has 0 fully saturated rings. The minimum Gasteiger partial charge on any atom is -0.457 e. The summed E-state index contributed by atoms with van der Waals surface area (Å²) in [4.78, 5) is 0. The molecule has 3 heteroatoms. The molecular weight excluding hydrogens is 562 g/mol. The number of hydrogen-bond donors (Lipinski definition) is 0. The normalized spacial score (nSPS) is 14.0. The van der Waals surface area contributed by atoms with Crippen molar-refractivity contribution in [2.75, 3.05) is 0 Å². The van der Waals surface area contributed by atoms with Crippen molar-refractivity contribution in [3.8, 4) is 28.3 Å².